The average Bonchev–Trinajstić information content (AvgIpc) is 2.45. The maximum absolute atomic E-state index is 10.0. The van der Waals surface area contributed by atoms with Gasteiger partial charge in [0, 0.05) is 6.42 Å². The van der Waals surface area contributed by atoms with E-state index in [2.05, 4.69) is 13.5 Å². The van der Waals surface area contributed by atoms with Gasteiger partial charge < -0.3 is 0 Å². The predicted octanol–water partition coefficient (Wildman–Crippen LogP) is 6.52. The highest BCUT2D eigenvalue weighted by Gasteiger charge is 1.97. The lowest BCUT2D eigenvalue weighted by atomic mass is 10.0. The molecule has 0 saturated carbocycles. The summed E-state index contributed by atoms with van der Waals surface area (Å²) in [5.74, 6) is 0. The molecule has 0 aromatic carbocycles. The van der Waals surface area contributed by atoms with E-state index < -0.39 is 0 Å². The fraction of sp³-hybridized carbons (Fsp3) is 0.842. The molecule has 0 aliphatic rings. The summed E-state index contributed by atoms with van der Waals surface area (Å²) < 4.78 is 0. The molecular formula is C19H35O. The lowest BCUT2D eigenvalue weighted by molar-refractivity contribution is 0.537. The number of hydrogen-bond donors (Lipinski definition) is 0. The molecule has 0 saturated heterocycles. The molecule has 1 nitrogen and oxygen atoms in total. The molecule has 20 heavy (non-hydrogen) atoms. The summed E-state index contributed by atoms with van der Waals surface area (Å²) in [6, 6.07) is 0. The van der Waals surface area contributed by atoms with Gasteiger partial charge in [0.1, 0.15) is 0 Å². The first-order chi connectivity index (χ1) is 9.81. The number of unbranched alkanes of at least 4 members (excludes halogenated alkanes) is 11. The minimum absolute atomic E-state index is 0.625. The summed E-state index contributed by atoms with van der Waals surface area (Å²) >= 11 is 0. The largest absolute Gasteiger partial charge is 0.291 e. The van der Waals surface area contributed by atoms with Gasteiger partial charge in [-0.25, -0.2) is 0 Å². The van der Waals surface area contributed by atoms with Crippen LogP contribution in [-0.2, 0) is 4.79 Å². The van der Waals surface area contributed by atoms with Crippen LogP contribution in [0.15, 0.2) is 12.2 Å². The van der Waals surface area contributed by atoms with Crippen molar-refractivity contribution in [1.82, 2.24) is 0 Å². The molecule has 0 bridgehead atoms. The average molecular weight is 279 g/mol. The van der Waals surface area contributed by atoms with Crippen LogP contribution in [0.2, 0.25) is 0 Å². The molecule has 0 rings (SSSR count). The highest BCUT2D eigenvalue weighted by molar-refractivity contribution is 5.50. The predicted molar refractivity (Wildman–Crippen MR) is 89.8 cm³/mol. The van der Waals surface area contributed by atoms with Gasteiger partial charge in [-0.2, -0.15) is 0 Å². The minimum atomic E-state index is 0.625. The van der Waals surface area contributed by atoms with Gasteiger partial charge in [0.2, 0.25) is 0 Å². The second-order valence-electron chi connectivity index (χ2n) is 6.03. The first-order valence-electron chi connectivity index (χ1n) is 8.83. The maximum atomic E-state index is 10.0. The van der Waals surface area contributed by atoms with Gasteiger partial charge >= 0.3 is 0 Å². The number of rotatable bonds is 16. The fourth-order valence-electron chi connectivity index (χ4n) is 2.56. The summed E-state index contributed by atoms with van der Waals surface area (Å²) in [6.45, 7) is 6.46. The van der Waals surface area contributed by atoms with Crippen molar-refractivity contribution in [2.45, 2.75) is 103 Å². The van der Waals surface area contributed by atoms with Crippen LogP contribution in [0.5, 0.6) is 0 Å². The SMILES string of the molecule is C=C(CCCCCC)CCCCCCCCCC[C]=O. The molecule has 0 aliphatic carbocycles. The van der Waals surface area contributed by atoms with Crippen molar-refractivity contribution in [3.63, 3.8) is 0 Å². The highest BCUT2D eigenvalue weighted by Crippen LogP contribution is 2.16. The Bertz CT molecular complexity index is 220. The van der Waals surface area contributed by atoms with E-state index in [0.29, 0.717) is 6.42 Å². The Morgan fingerprint density at radius 2 is 1.20 bits per heavy atom. The molecule has 0 atom stereocenters. The normalized spacial score (nSPS) is 10.7. The van der Waals surface area contributed by atoms with E-state index in [4.69, 9.17) is 0 Å². The van der Waals surface area contributed by atoms with Crippen LogP contribution in [0.4, 0.5) is 0 Å². The van der Waals surface area contributed by atoms with Crippen LogP contribution in [0.25, 0.3) is 0 Å². The minimum Gasteiger partial charge on any atom is -0.291 e. The Morgan fingerprint density at radius 3 is 1.70 bits per heavy atom. The Balaban J connectivity index is 3.11. The summed E-state index contributed by atoms with van der Waals surface area (Å²) in [6.07, 6.45) is 20.7. The summed E-state index contributed by atoms with van der Waals surface area (Å²) in [5.41, 5.74) is 1.46. The Labute approximate surface area is 127 Å². The van der Waals surface area contributed by atoms with Crippen LogP contribution >= 0.6 is 0 Å². The molecule has 0 fully saturated rings. The van der Waals surface area contributed by atoms with Crippen molar-refractivity contribution in [2.24, 2.45) is 0 Å². The lowest BCUT2D eigenvalue weighted by Gasteiger charge is -2.05. The Hall–Kier alpha value is -0.590. The van der Waals surface area contributed by atoms with Gasteiger partial charge in [0.25, 0.3) is 0 Å². The second-order valence-corrected chi connectivity index (χ2v) is 6.03. The van der Waals surface area contributed by atoms with Crippen molar-refractivity contribution in [3.8, 4) is 0 Å². The van der Waals surface area contributed by atoms with Gasteiger partial charge in [-0.05, 0) is 32.1 Å². The molecule has 0 aromatic heterocycles. The van der Waals surface area contributed by atoms with Crippen LogP contribution in [0.1, 0.15) is 103 Å². The van der Waals surface area contributed by atoms with E-state index in [0.717, 1.165) is 6.42 Å². The molecule has 0 amide bonds. The van der Waals surface area contributed by atoms with Crippen molar-refractivity contribution in [3.05, 3.63) is 12.2 Å². The third kappa shape index (κ3) is 15.5. The first-order valence-corrected chi connectivity index (χ1v) is 8.83. The van der Waals surface area contributed by atoms with Crippen LogP contribution in [0, 0.1) is 0 Å². The highest BCUT2D eigenvalue weighted by atomic mass is 16.1. The lowest BCUT2D eigenvalue weighted by Crippen LogP contribution is -1.86. The third-order valence-electron chi connectivity index (χ3n) is 3.94. The summed E-state index contributed by atoms with van der Waals surface area (Å²) in [4.78, 5) is 10.0. The monoisotopic (exact) mass is 279 g/mol. The van der Waals surface area contributed by atoms with E-state index in [1.54, 1.807) is 0 Å². The Morgan fingerprint density at radius 1 is 0.750 bits per heavy atom. The van der Waals surface area contributed by atoms with Gasteiger partial charge in [-0.3, -0.25) is 4.79 Å². The first kappa shape index (κ1) is 19.4. The van der Waals surface area contributed by atoms with Crippen molar-refractivity contribution in [1.29, 1.82) is 0 Å². The molecule has 1 heteroatoms. The molecule has 0 aromatic rings. The van der Waals surface area contributed by atoms with Crippen molar-refractivity contribution in [2.75, 3.05) is 0 Å². The zero-order chi connectivity index (χ0) is 14.9. The topological polar surface area (TPSA) is 17.1 Å². The maximum Gasteiger partial charge on any atom is 0.198 e. The van der Waals surface area contributed by atoms with Gasteiger partial charge in [-0.1, -0.05) is 76.9 Å². The third-order valence-corrected chi connectivity index (χ3v) is 3.94. The van der Waals surface area contributed by atoms with Gasteiger partial charge in [0.15, 0.2) is 6.29 Å². The molecule has 0 unspecified atom stereocenters. The Kier molecular flexibility index (Phi) is 16.0. The van der Waals surface area contributed by atoms with E-state index in [9.17, 15) is 4.79 Å². The molecule has 0 spiro atoms. The van der Waals surface area contributed by atoms with Crippen LogP contribution in [0.3, 0.4) is 0 Å². The standard InChI is InChI=1S/C19H35O/c1-3-4-5-13-16-19(2)17-14-11-9-7-6-8-10-12-15-18-20/h2-17H2,1H3. The molecule has 0 N–H and O–H groups in total. The summed E-state index contributed by atoms with van der Waals surface area (Å²) in [5, 5.41) is 0. The number of hydrogen-bond acceptors (Lipinski definition) is 1. The zero-order valence-corrected chi connectivity index (χ0v) is 13.7. The van der Waals surface area contributed by atoms with E-state index in [1.807, 2.05) is 6.29 Å². The quantitative estimate of drug-likeness (QED) is 0.232. The zero-order valence-electron chi connectivity index (χ0n) is 13.7. The summed E-state index contributed by atoms with van der Waals surface area (Å²) in [7, 11) is 0. The molecular weight excluding hydrogens is 244 g/mol. The van der Waals surface area contributed by atoms with Crippen LogP contribution in [-0.4, -0.2) is 6.29 Å². The second kappa shape index (κ2) is 16.5. The van der Waals surface area contributed by atoms with Gasteiger partial charge in [0.05, 0.1) is 0 Å². The van der Waals surface area contributed by atoms with E-state index >= 15 is 0 Å². The van der Waals surface area contributed by atoms with E-state index in [-0.39, 0.29) is 0 Å². The molecule has 0 aliphatic heterocycles. The van der Waals surface area contributed by atoms with Crippen LogP contribution < -0.4 is 0 Å². The van der Waals surface area contributed by atoms with Crippen molar-refractivity contribution < 1.29 is 4.79 Å². The fourth-order valence-corrected chi connectivity index (χ4v) is 2.56. The van der Waals surface area contributed by atoms with Crippen molar-refractivity contribution >= 4 is 6.29 Å². The van der Waals surface area contributed by atoms with Gasteiger partial charge in [-0.15, -0.1) is 0 Å². The number of allylic oxidation sites excluding steroid dienone is 1. The smallest absolute Gasteiger partial charge is 0.198 e. The number of carbonyl (C=O) groups excluding carboxylic acids is 1. The van der Waals surface area contributed by atoms with E-state index in [1.165, 1.54) is 89.0 Å². The molecule has 0 heterocycles. The molecule has 117 valence electrons. The molecule has 1 radical (unpaired) electrons.